The van der Waals surface area contributed by atoms with Gasteiger partial charge in [-0.15, -0.1) is 0 Å². The molecule has 17 heavy (non-hydrogen) atoms. The summed E-state index contributed by atoms with van der Waals surface area (Å²) in [7, 11) is 0. The first-order chi connectivity index (χ1) is 7.88. The van der Waals surface area contributed by atoms with Gasteiger partial charge in [-0.1, -0.05) is 12.1 Å². The van der Waals surface area contributed by atoms with E-state index in [0.29, 0.717) is 5.56 Å². The zero-order valence-electron chi connectivity index (χ0n) is 8.34. The van der Waals surface area contributed by atoms with Crippen LogP contribution in [0.4, 0.5) is 13.2 Å². The van der Waals surface area contributed by atoms with Crippen molar-refractivity contribution in [2.24, 2.45) is 0 Å². The first-order valence-corrected chi connectivity index (χ1v) is 5.07. The molecule has 1 fully saturated rings. The Kier molecular flexibility index (Phi) is 2.78. The van der Waals surface area contributed by atoms with Crippen LogP contribution in [0.25, 0.3) is 0 Å². The van der Waals surface area contributed by atoms with Gasteiger partial charge in [-0.2, -0.15) is 13.2 Å². The van der Waals surface area contributed by atoms with E-state index in [9.17, 15) is 18.0 Å². The highest BCUT2D eigenvalue weighted by molar-refractivity contribution is 7.80. The van der Waals surface area contributed by atoms with E-state index in [1.54, 1.807) is 0 Å². The van der Waals surface area contributed by atoms with Gasteiger partial charge in [-0.05, 0) is 29.9 Å². The molecule has 0 saturated carbocycles. The standard InChI is InChI=1S/C10H7F3N2OS/c11-10(12,13)6-3-1-5(2-4-6)7-8(16)15-9(17)14-7/h1-4,7H,(H2,14,15,16,17). The summed E-state index contributed by atoms with van der Waals surface area (Å²) in [6.45, 7) is 0. The molecule has 1 aliphatic rings. The van der Waals surface area contributed by atoms with E-state index in [0.717, 1.165) is 12.1 Å². The smallest absolute Gasteiger partial charge is 0.347 e. The molecule has 0 radical (unpaired) electrons. The molecule has 7 heteroatoms. The van der Waals surface area contributed by atoms with Gasteiger partial charge < -0.3 is 10.6 Å². The summed E-state index contributed by atoms with van der Waals surface area (Å²) in [6.07, 6.45) is -4.38. The fourth-order valence-corrected chi connectivity index (χ4v) is 1.73. The van der Waals surface area contributed by atoms with E-state index in [2.05, 4.69) is 10.6 Å². The third-order valence-electron chi connectivity index (χ3n) is 2.35. The van der Waals surface area contributed by atoms with Crippen LogP contribution in [0.1, 0.15) is 17.2 Å². The minimum absolute atomic E-state index is 0.180. The average molecular weight is 260 g/mol. The Bertz CT molecular complexity index is 469. The lowest BCUT2D eigenvalue weighted by Gasteiger charge is -2.10. The third-order valence-corrected chi connectivity index (χ3v) is 2.57. The molecule has 1 aromatic carbocycles. The van der Waals surface area contributed by atoms with E-state index < -0.39 is 17.8 Å². The van der Waals surface area contributed by atoms with Gasteiger partial charge in [0.15, 0.2) is 5.11 Å². The van der Waals surface area contributed by atoms with Crippen LogP contribution in [-0.2, 0) is 11.0 Å². The fraction of sp³-hybridized carbons (Fsp3) is 0.200. The Morgan fingerprint density at radius 3 is 2.18 bits per heavy atom. The molecule has 1 amide bonds. The van der Waals surface area contributed by atoms with Gasteiger partial charge in [0.2, 0.25) is 0 Å². The number of carbonyl (C=O) groups excluding carboxylic acids is 1. The number of thiocarbonyl (C=S) groups is 1. The summed E-state index contributed by atoms with van der Waals surface area (Å²) in [5.41, 5.74) is -0.308. The van der Waals surface area contributed by atoms with Gasteiger partial charge in [0.25, 0.3) is 5.91 Å². The van der Waals surface area contributed by atoms with Gasteiger partial charge >= 0.3 is 6.18 Å². The monoisotopic (exact) mass is 260 g/mol. The number of halogens is 3. The lowest BCUT2D eigenvalue weighted by atomic mass is 10.0. The molecule has 0 aliphatic carbocycles. The van der Waals surface area contributed by atoms with Crippen molar-refractivity contribution in [2.45, 2.75) is 12.2 Å². The molecule has 1 aromatic rings. The number of benzene rings is 1. The minimum Gasteiger partial charge on any atom is -0.347 e. The van der Waals surface area contributed by atoms with Gasteiger partial charge in [0.1, 0.15) is 6.04 Å². The van der Waals surface area contributed by atoms with Crippen molar-refractivity contribution in [3.05, 3.63) is 35.4 Å². The number of carbonyl (C=O) groups is 1. The second-order valence-corrected chi connectivity index (χ2v) is 3.92. The van der Waals surface area contributed by atoms with Crippen molar-refractivity contribution in [1.82, 2.24) is 10.6 Å². The van der Waals surface area contributed by atoms with Crippen molar-refractivity contribution in [3.8, 4) is 0 Å². The van der Waals surface area contributed by atoms with Crippen LogP contribution in [-0.4, -0.2) is 11.0 Å². The Hall–Kier alpha value is -1.63. The lowest BCUT2D eigenvalue weighted by molar-refractivity contribution is -0.137. The highest BCUT2D eigenvalue weighted by Crippen LogP contribution is 2.30. The molecule has 2 N–H and O–H groups in total. The van der Waals surface area contributed by atoms with Crippen LogP contribution in [0, 0.1) is 0 Å². The molecule has 1 unspecified atom stereocenters. The SMILES string of the molecule is O=C1NC(=S)NC1c1ccc(C(F)(F)F)cc1. The summed E-state index contributed by atoms with van der Waals surface area (Å²) in [6, 6.07) is 3.67. The van der Waals surface area contributed by atoms with E-state index in [1.807, 2.05) is 0 Å². The number of hydrogen-bond acceptors (Lipinski definition) is 2. The molecule has 2 rings (SSSR count). The Balaban J connectivity index is 2.24. The van der Waals surface area contributed by atoms with E-state index >= 15 is 0 Å². The van der Waals surface area contributed by atoms with Crippen molar-refractivity contribution in [1.29, 1.82) is 0 Å². The minimum atomic E-state index is -4.38. The maximum Gasteiger partial charge on any atom is 0.416 e. The fourth-order valence-electron chi connectivity index (χ4n) is 1.52. The van der Waals surface area contributed by atoms with Gasteiger partial charge in [-0.3, -0.25) is 4.79 Å². The second-order valence-electron chi connectivity index (χ2n) is 3.52. The highest BCUT2D eigenvalue weighted by Gasteiger charge is 2.32. The topological polar surface area (TPSA) is 41.1 Å². The number of rotatable bonds is 1. The number of amides is 1. The number of nitrogens with one attached hydrogen (secondary N) is 2. The van der Waals surface area contributed by atoms with E-state index in [1.165, 1.54) is 12.1 Å². The molecule has 0 spiro atoms. The largest absolute Gasteiger partial charge is 0.416 e. The number of alkyl halides is 3. The van der Waals surface area contributed by atoms with Crippen LogP contribution in [0.2, 0.25) is 0 Å². The summed E-state index contributed by atoms with van der Waals surface area (Å²) >= 11 is 4.74. The predicted molar refractivity (Wildman–Crippen MR) is 58.1 cm³/mol. The van der Waals surface area contributed by atoms with Crippen LogP contribution in [0.5, 0.6) is 0 Å². The Morgan fingerprint density at radius 2 is 1.76 bits per heavy atom. The molecule has 3 nitrogen and oxygen atoms in total. The zero-order valence-corrected chi connectivity index (χ0v) is 9.15. The van der Waals surface area contributed by atoms with Crippen LogP contribution >= 0.6 is 12.2 Å². The lowest BCUT2D eigenvalue weighted by Crippen LogP contribution is -2.21. The molecule has 90 valence electrons. The average Bonchev–Trinajstić information content (AvgIpc) is 2.57. The molecular formula is C10H7F3N2OS. The van der Waals surface area contributed by atoms with Crippen molar-refractivity contribution in [2.75, 3.05) is 0 Å². The normalized spacial score (nSPS) is 20.1. The van der Waals surface area contributed by atoms with Gasteiger partial charge in [-0.25, -0.2) is 0 Å². The Labute approximate surface area is 100 Å². The zero-order chi connectivity index (χ0) is 12.6. The van der Waals surface area contributed by atoms with Crippen LogP contribution in [0.3, 0.4) is 0 Å². The summed E-state index contributed by atoms with van der Waals surface area (Å²) in [5, 5.41) is 5.22. The molecular weight excluding hydrogens is 253 g/mol. The van der Waals surface area contributed by atoms with Crippen LogP contribution < -0.4 is 10.6 Å². The van der Waals surface area contributed by atoms with Crippen molar-refractivity contribution in [3.63, 3.8) is 0 Å². The molecule has 1 atom stereocenters. The summed E-state index contributed by atoms with van der Waals surface area (Å²) in [4.78, 5) is 11.4. The summed E-state index contributed by atoms with van der Waals surface area (Å²) < 4.78 is 37.0. The van der Waals surface area contributed by atoms with Crippen LogP contribution in [0.15, 0.2) is 24.3 Å². The first-order valence-electron chi connectivity index (χ1n) is 4.66. The van der Waals surface area contributed by atoms with Crippen molar-refractivity contribution < 1.29 is 18.0 Å². The van der Waals surface area contributed by atoms with Crippen molar-refractivity contribution >= 4 is 23.2 Å². The maximum atomic E-state index is 12.3. The van der Waals surface area contributed by atoms with E-state index in [4.69, 9.17) is 12.2 Å². The number of hydrogen-bond donors (Lipinski definition) is 2. The molecule has 0 bridgehead atoms. The quantitative estimate of drug-likeness (QED) is 0.756. The van der Waals surface area contributed by atoms with Gasteiger partial charge in [0, 0.05) is 0 Å². The molecule has 0 aromatic heterocycles. The molecule has 1 saturated heterocycles. The summed E-state index contributed by atoms with van der Waals surface area (Å²) in [5.74, 6) is -0.366. The maximum absolute atomic E-state index is 12.3. The first kappa shape index (κ1) is 11.8. The second kappa shape index (κ2) is 3.99. The molecule has 1 heterocycles. The predicted octanol–water partition coefficient (Wildman–Crippen LogP) is 1.75. The van der Waals surface area contributed by atoms with Gasteiger partial charge in [0.05, 0.1) is 5.56 Å². The van der Waals surface area contributed by atoms with E-state index in [-0.39, 0.29) is 11.0 Å². The molecule has 1 aliphatic heterocycles. The Morgan fingerprint density at radius 1 is 1.18 bits per heavy atom. The highest BCUT2D eigenvalue weighted by atomic mass is 32.1. The third kappa shape index (κ3) is 2.38.